The number of benzene rings is 1. The van der Waals surface area contributed by atoms with Crippen molar-refractivity contribution in [1.29, 1.82) is 0 Å². The first-order valence-electron chi connectivity index (χ1n) is 9.07. The summed E-state index contributed by atoms with van der Waals surface area (Å²) in [5, 5.41) is 10.0. The average molecular weight is 357 g/mol. The minimum atomic E-state index is 0.488. The summed E-state index contributed by atoms with van der Waals surface area (Å²) >= 11 is 1.77. The Morgan fingerprint density at radius 3 is 2.84 bits per heavy atom. The highest BCUT2D eigenvalue weighted by molar-refractivity contribution is 7.98. The molecule has 1 aliphatic heterocycles. The Morgan fingerprint density at radius 2 is 2.08 bits per heavy atom. The van der Waals surface area contributed by atoms with Crippen molar-refractivity contribution in [2.75, 3.05) is 19.6 Å². The molecule has 2 heterocycles. The van der Waals surface area contributed by atoms with Crippen molar-refractivity contribution in [3.63, 3.8) is 0 Å². The molecule has 2 aromatic rings. The van der Waals surface area contributed by atoms with Crippen molar-refractivity contribution in [2.24, 2.45) is 7.05 Å². The number of hydrogen-bond acceptors (Lipinski definition) is 4. The first kappa shape index (κ1) is 18.2. The van der Waals surface area contributed by atoms with E-state index in [1.165, 1.54) is 30.5 Å². The molecule has 1 unspecified atom stereocenters. The van der Waals surface area contributed by atoms with Crippen LogP contribution in [0.1, 0.15) is 44.0 Å². The van der Waals surface area contributed by atoms with Gasteiger partial charge >= 0.3 is 0 Å². The van der Waals surface area contributed by atoms with Crippen LogP contribution in [-0.4, -0.2) is 39.3 Å². The predicted molar refractivity (Wildman–Crippen MR) is 105 cm³/mol. The Labute approximate surface area is 155 Å². The molecular formula is C20H28N4S. The van der Waals surface area contributed by atoms with Gasteiger partial charge in [-0.2, -0.15) is 0 Å². The van der Waals surface area contributed by atoms with Gasteiger partial charge in [-0.3, -0.25) is 4.90 Å². The molecular weight excluding hydrogens is 328 g/mol. The second kappa shape index (κ2) is 8.68. The monoisotopic (exact) mass is 356 g/mol. The highest BCUT2D eigenvalue weighted by Crippen LogP contribution is 2.29. The van der Waals surface area contributed by atoms with Gasteiger partial charge in [-0.1, -0.05) is 53.7 Å². The molecule has 0 saturated carbocycles. The van der Waals surface area contributed by atoms with E-state index >= 15 is 0 Å². The summed E-state index contributed by atoms with van der Waals surface area (Å²) in [5.74, 6) is 2.56. The van der Waals surface area contributed by atoms with E-state index in [-0.39, 0.29) is 0 Å². The minimum Gasteiger partial charge on any atom is -0.309 e. The van der Waals surface area contributed by atoms with Gasteiger partial charge in [0.25, 0.3) is 0 Å². The van der Waals surface area contributed by atoms with E-state index in [2.05, 4.69) is 77.0 Å². The van der Waals surface area contributed by atoms with Crippen molar-refractivity contribution >= 4 is 11.8 Å². The number of hydrogen-bond donors (Lipinski definition) is 0. The number of rotatable bonds is 6. The molecule has 0 amide bonds. The zero-order valence-electron chi connectivity index (χ0n) is 15.5. The van der Waals surface area contributed by atoms with Crippen molar-refractivity contribution < 1.29 is 0 Å². The lowest BCUT2D eigenvalue weighted by molar-refractivity contribution is 0.217. The van der Waals surface area contributed by atoms with Crippen LogP contribution in [0.25, 0.3) is 0 Å². The molecule has 5 heteroatoms. The number of piperidine rings is 1. The first-order valence-corrected chi connectivity index (χ1v) is 10.1. The number of allylic oxidation sites excluding steroid dienone is 1. The van der Waals surface area contributed by atoms with Gasteiger partial charge in [-0.25, -0.2) is 0 Å². The molecule has 1 aliphatic rings. The molecule has 0 radical (unpaired) electrons. The highest BCUT2D eigenvalue weighted by Gasteiger charge is 2.25. The second-order valence-corrected chi connectivity index (χ2v) is 7.83. The molecule has 3 rings (SSSR count). The van der Waals surface area contributed by atoms with Crippen molar-refractivity contribution in [3.8, 4) is 0 Å². The molecule has 1 fully saturated rings. The summed E-state index contributed by atoms with van der Waals surface area (Å²) < 4.78 is 2.20. The fourth-order valence-corrected chi connectivity index (χ4v) is 4.26. The third kappa shape index (κ3) is 4.73. The Morgan fingerprint density at radius 1 is 1.28 bits per heavy atom. The molecule has 134 valence electrons. The van der Waals surface area contributed by atoms with E-state index in [0.717, 1.165) is 29.8 Å². The fourth-order valence-electron chi connectivity index (χ4n) is 3.38. The van der Waals surface area contributed by atoms with Crippen LogP contribution in [0.2, 0.25) is 0 Å². The van der Waals surface area contributed by atoms with Crippen LogP contribution in [0.5, 0.6) is 0 Å². The van der Waals surface area contributed by atoms with Gasteiger partial charge in [0, 0.05) is 31.8 Å². The molecule has 4 nitrogen and oxygen atoms in total. The van der Waals surface area contributed by atoms with Crippen LogP contribution in [0, 0.1) is 0 Å². The highest BCUT2D eigenvalue weighted by atomic mass is 32.2. The SMILES string of the molecule is C/C=C(\C)CN1CCCC(c2nnc(SCc3ccccc3)n2C)C1. The summed E-state index contributed by atoms with van der Waals surface area (Å²) in [6.07, 6.45) is 4.66. The van der Waals surface area contributed by atoms with E-state index in [9.17, 15) is 0 Å². The van der Waals surface area contributed by atoms with Gasteiger partial charge in [0.05, 0.1) is 0 Å². The standard InChI is InChI=1S/C20H28N4S/c1-4-16(2)13-24-12-8-11-18(14-24)19-21-22-20(23(19)3)25-15-17-9-6-5-7-10-17/h4-7,9-10,18H,8,11-15H2,1-3H3/b16-4+. The Kier molecular flexibility index (Phi) is 6.32. The zero-order chi connectivity index (χ0) is 17.6. The van der Waals surface area contributed by atoms with E-state index in [1.54, 1.807) is 11.8 Å². The molecule has 1 atom stereocenters. The maximum absolute atomic E-state index is 4.54. The molecule has 0 bridgehead atoms. The lowest BCUT2D eigenvalue weighted by Crippen LogP contribution is -2.36. The van der Waals surface area contributed by atoms with Crippen LogP contribution in [0.4, 0.5) is 0 Å². The Hall–Kier alpha value is -1.59. The summed E-state index contributed by atoms with van der Waals surface area (Å²) in [6, 6.07) is 10.5. The van der Waals surface area contributed by atoms with Gasteiger partial charge in [-0.15, -0.1) is 10.2 Å². The van der Waals surface area contributed by atoms with Gasteiger partial charge in [0.1, 0.15) is 5.82 Å². The minimum absolute atomic E-state index is 0.488. The normalized spacial score (nSPS) is 19.3. The first-order chi connectivity index (χ1) is 12.2. The molecule has 1 saturated heterocycles. The molecule has 0 N–H and O–H groups in total. The van der Waals surface area contributed by atoms with Crippen molar-refractivity contribution in [3.05, 3.63) is 53.4 Å². The van der Waals surface area contributed by atoms with E-state index in [0.29, 0.717) is 5.92 Å². The number of likely N-dealkylation sites (tertiary alicyclic amines) is 1. The molecule has 1 aromatic heterocycles. The smallest absolute Gasteiger partial charge is 0.191 e. The zero-order valence-corrected chi connectivity index (χ0v) is 16.3. The Balaban J connectivity index is 1.64. The summed E-state index contributed by atoms with van der Waals surface area (Å²) in [6.45, 7) is 7.68. The average Bonchev–Trinajstić information content (AvgIpc) is 3.01. The van der Waals surface area contributed by atoms with Crippen molar-refractivity contribution in [2.45, 2.75) is 43.5 Å². The van der Waals surface area contributed by atoms with Crippen LogP contribution in [-0.2, 0) is 12.8 Å². The van der Waals surface area contributed by atoms with Crippen LogP contribution < -0.4 is 0 Å². The van der Waals surface area contributed by atoms with Gasteiger partial charge in [0.2, 0.25) is 0 Å². The van der Waals surface area contributed by atoms with Crippen LogP contribution in [0.3, 0.4) is 0 Å². The third-order valence-corrected chi connectivity index (χ3v) is 6.01. The van der Waals surface area contributed by atoms with Crippen LogP contribution >= 0.6 is 11.8 Å². The number of aromatic nitrogens is 3. The van der Waals surface area contributed by atoms with Crippen molar-refractivity contribution in [1.82, 2.24) is 19.7 Å². The van der Waals surface area contributed by atoms with Gasteiger partial charge in [0.15, 0.2) is 5.16 Å². The molecule has 0 aliphatic carbocycles. The maximum atomic E-state index is 4.54. The Bertz CT molecular complexity index is 708. The topological polar surface area (TPSA) is 34.0 Å². The van der Waals surface area contributed by atoms with E-state index in [4.69, 9.17) is 0 Å². The predicted octanol–water partition coefficient (Wildman–Crippen LogP) is 4.25. The third-order valence-electron chi connectivity index (χ3n) is 4.92. The number of thioether (sulfide) groups is 1. The van der Waals surface area contributed by atoms with Gasteiger partial charge < -0.3 is 4.57 Å². The summed E-state index contributed by atoms with van der Waals surface area (Å²) in [4.78, 5) is 2.55. The van der Waals surface area contributed by atoms with E-state index in [1.807, 2.05) is 0 Å². The van der Waals surface area contributed by atoms with E-state index < -0.39 is 0 Å². The molecule has 25 heavy (non-hydrogen) atoms. The molecule has 1 aromatic carbocycles. The largest absolute Gasteiger partial charge is 0.309 e. The maximum Gasteiger partial charge on any atom is 0.191 e. The summed E-state index contributed by atoms with van der Waals surface area (Å²) in [7, 11) is 2.11. The quantitative estimate of drug-likeness (QED) is 0.572. The summed E-state index contributed by atoms with van der Waals surface area (Å²) in [5.41, 5.74) is 2.76. The molecule has 0 spiro atoms. The number of nitrogens with zero attached hydrogens (tertiary/aromatic N) is 4. The second-order valence-electron chi connectivity index (χ2n) is 6.88. The lowest BCUT2D eigenvalue weighted by atomic mass is 9.97. The lowest BCUT2D eigenvalue weighted by Gasteiger charge is -2.32. The van der Waals surface area contributed by atoms with Gasteiger partial charge in [-0.05, 0) is 38.8 Å². The fraction of sp³-hybridized carbons (Fsp3) is 0.500. The van der Waals surface area contributed by atoms with Crippen LogP contribution in [0.15, 0.2) is 47.1 Å².